The smallest absolute Gasteiger partial charge is 0.151 e. The number of nitrogens with one attached hydrogen (secondary N) is 2. The summed E-state index contributed by atoms with van der Waals surface area (Å²) in [6.07, 6.45) is 2.39. The molecule has 1 aromatic rings. The average Bonchev–Trinajstić information content (AvgIpc) is 2.68. The predicted molar refractivity (Wildman–Crippen MR) is 64.9 cm³/mol. The lowest BCUT2D eigenvalue weighted by atomic mass is 9.81. The molecule has 0 aliphatic heterocycles. The highest BCUT2D eigenvalue weighted by Gasteiger charge is 2.27. The minimum Gasteiger partial charge on any atom is -0.383 e. The van der Waals surface area contributed by atoms with Crippen molar-refractivity contribution in [3.05, 3.63) is 11.3 Å². The van der Waals surface area contributed by atoms with E-state index in [-0.39, 0.29) is 0 Å². The summed E-state index contributed by atoms with van der Waals surface area (Å²) in [6.45, 7) is 6.12. The van der Waals surface area contributed by atoms with Gasteiger partial charge in [-0.15, -0.1) is 0 Å². The highest BCUT2D eigenvalue weighted by molar-refractivity contribution is 5.48. The van der Waals surface area contributed by atoms with E-state index in [9.17, 15) is 0 Å². The van der Waals surface area contributed by atoms with Crippen molar-refractivity contribution in [1.82, 2.24) is 10.2 Å². The normalized spacial score (nSPS) is 24.2. The van der Waals surface area contributed by atoms with Gasteiger partial charge in [0.15, 0.2) is 5.82 Å². The van der Waals surface area contributed by atoms with Crippen molar-refractivity contribution in [3.8, 4) is 0 Å². The van der Waals surface area contributed by atoms with E-state index in [0.29, 0.717) is 12.5 Å². The van der Waals surface area contributed by atoms with Gasteiger partial charge in [-0.25, -0.2) is 0 Å². The molecule has 0 radical (unpaired) electrons. The molecule has 1 aliphatic carbocycles. The summed E-state index contributed by atoms with van der Waals surface area (Å²) in [5, 5.41) is 10.9. The van der Waals surface area contributed by atoms with Crippen molar-refractivity contribution in [3.63, 3.8) is 0 Å². The van der Waals surface area contributed by atoms with Crippen LogP contribution in [-0.4, -0.2) is 30.5 Å². The Balaban J connectivity index is 2.09. The van der Waals surface area contributed by atoms with Crippen LogP contribution in [0.2, 0.25) is 0 Å². The highest BCUT2D eigenvalue weighted by atomic mass is 16.5. The third-order valence-corrected chi connectivity index (χ3v) is 3.66. The van der Waals surface area contributed by atoms with E-state index in [0.717, 1.165) is 24.7 Å². The van der Waals surface area contributed by atoms with Gasteiger partial charge >= 0.3 is 0 Å². The Morgan fingerprint density at radius 3 is 3.06 bits per heavy atom. The molecule has 16 heavy (non-hydrogen) atoms. The van der Waals surface area contributed by atoms with E-state index in [1.807, 2.05) is 0 Å². The van der Waals surface area contributed by atoms with Crippen LogP contribution in [0.1, 0.15) is 37.4 Å². The molecule has 4 nitrogen and oxygen atoms in total. The van der Waals surface area contributed by atoms with Gasteiger partial charge in [0.2, 0.25) is 0 Å². The van der Waals surface area contributed by atoms with Crippen LogP contribution in [0.15, 0.2) is 0 Å². The third-order valence-electron chi connectivity index (χ3n) is 3.66. The lowest BCUT2D eigenvalue weighted by Crippen LogP contribution is -2.16. The first-order valence-corrected chi connectivity index (χ1v) is 6.04. The first-order chi connectivity index (χ1) is 7.74. The van der Waals surface area contributed by atoms with Gasteiger partial charge < -0.3 is 10.1 Å². The topological polar surface area (TPSA) is 49.9 Å². The summed E-state index contributed by atoms with van der Waals surface area (Å²) >= 11 is 0. The zero-order valence-corrected chi connectivity index (χ0v) is 10.3. The molecule has 1 heterocycles. The molecule has 2 rings (SSSR count). The molecular formula is C12H21N3O. The molecule has 0 bridgehead atoms. The van der Waals surface area contributed by atoms with Crippen molar-refractivity contribution >= 4 is 5.82 Å². The molecule has 1 aliphatic rings. The second-order valence-corrected chi connectivity index (χ2v) is 4.69. The second kappa shape index (κ2) is 4.87. The quantitative estimate of drug-likeness (QED) is 0.769. The van der Waals surface area contributed by atoms with Gasteiger partial charge in [-0.3, -0.25) is 5.10 Å². The maximum atomic E-state index is 5.02. The van der Waals surface area contributed by atoms with E-state index in [4.69, 9.17) is 4.74 Å². The van der Waals surface area contributed by atoms with Gasteiger partial charge in [0.1, 0.15) is 0 Å². The van der Waals surface area contributed by atoms with Gasteiger partial charge in [-0.05, 0) is 18.8 Å². The molecule has 2 unspecified atom stereocenters. The summed E-state index contributed by atoms with van der Waals surface area (Å²) in [4.78, 5) is 0. The fraction of sp³-hybridized carbons (Fsp3) is 0.750. The van der Waals surface area contributed by atoms with E-state index < -0.39 is 0 Å². The molecule has 0 aromatic carbocycles. The van der Waals surface area contributed by atoms with Crippen LogP contribution in [0.25, 0.3) is 0 Å². The van der Waals surface area contributed by atoms with E-state index in [1.165, 1.54) is 17.7 Å². The van der Waals surface area contributed by atoms with Gasteiger partial charge in [0.25, 0.3) is 0 Å². The van der Waals surface area contributed by atoms with Gasteiger partial charge in [-0.2, -0.15) is 5.10 Å². The Morgan fingerprint density at radius 2 is 2.31 bits per heavy atom. The van der Waals surface area contributed by atoms with Crippen molar-refractivity contribution < 1.29 is 4.74 Å². The Bertz CT molecular complexity index is 348. The highest BCUT2D eigenvalue weighted by Crippen LogP contribution is 2.37. The van der Waals surface area contributed by atoms with Crippen LogP contribution in [-0.2, 0) is 11.2 Å². The maximum absolute atomic E-state index is 5.02. The molecule has 1 aromatic heterocycles. The predicted octanol–water partition coefficient (Wildman–Crippen LogP) is 2.15. The van der Waals surface area contributed by atoms with E-state index in [1.54, 1.807) is 7.11 Å². The van der Waals surface area contributed by atoms with Crippen LogP contribution in [0.3, 0.4) is 0 Å². The van der Waals surface area contributed by atoms with Crippen LogP contribution in [0, 0.1) is 5.92 Å². The Labute approximate surface area is 96.8 Å². The van der Waals surface area contributed by atoms with Crippen molar-refractivity contribution in [1.29, 1.82) is 0 Å². The van der Waals surface area contributed by atoms with Crippen LogP contribution >= 0.6 is 0 Å². The fourth-order valence-electron chi connectivity index (χ4n) is 2.33. The van der Waals surface area contributed by atoms with E-state index >= 15 is 0 Å². The van der Waals surface area contributed by atoms with Crippen LogP contribution in [0.5, 0.6) is 0 Å². The third kappa shape index (κ3) is 2.07. The fourth-order valence-corrected chi connectivity index (χ4v) is 2.33. The number of aromatic nitrogens is 2. The molecule has 0 fully saturated rings. The summed E-state index contributed by atoms with van der Waals surface area (Å²) in [5.41, 5.74) is 2.69. The van der Waals surface area contributed by atoms with Crippen molar-refractivity contribution in [2.75, 3.05) is 25.6 Å². The van der Waals surface area contributed by atoms with Crippen LogP contribution < -0.4 is 5.32 Å². The zero-order valence-electron chi connectivity index (χ0n) is 10.3. The van der Waals surface area contributed by atoms with Gasteiger partial charge in [-0.1, -0.05) is 13.8 Å². The first-order valence-electron chi connectivity index (χ1n) is 6.04. The van der Waals surface area contributed by atoms with Crippen molar-refractivity contribution in [2.24, 2.45) is 5.92 Å². The largest absolute Gasteiger partial charge is 0.383 e. The molecular weight excluding hydrogens is 202 g/mol. The Morgan fingerprint density at radius 1 is 1.50 bits per heavy atom. The molecule has 0 saturated heterocycles. The summed E-state index contributed by atoms with van der Waals surface area (Å²) in [6, 6.07) is 0. The monoisotopic (exact) mass is 223 g/mol. The standard InChI is InChI=1S/C12H21N3O/c1-8-4-5-10-11(9(8)2)14-15-12(10)13-6-7-16-3/h8-9H,4-7H2,1-3H3,(H2,13,14,15). The molecule has 0 spiro atoms. The van der Waals surface area contributed by atoms with E-state index in [2.05, 4.69) is 29.4 Å². The number of fused-ring (bicyclic) bond motifs is 1. The number of aromatic amines is 1. The molecule has 90 valence electrons. The number of rotatable bonds is 4. The number of hydrogen-bond donors (Lipinski definition) is 2. The number of ether oxygens (including phenoxy) is 1. The molecule has 2 atom stereocenters. The van der Waals surface area contributed by atoms with Gasteiger partial charge in [0.05, 0.1) is 6.61 Å². The number of methoxy groups -OCH3 is 1. The summed E-state index contributed by atoms with van der Waals surface area (Å²) in [7, 11) is 1.71. The first kappa shape index (κ1) is 11.5. The number of hydrogen-bond acceptors (Lipinski definition) is 3. The Hall–Kier alpha value is -1.03. The lowest BCUT2D eigenvalue weighted by molar-refractivity contribution is 0.210. The van der Waals surface area contributed by atoms with Gasteiger partial charge in [0, 0.05) is 30.8 Å². The molecule has 0 saturated carbocycles. The maximum Gasteiger partial charge on any atom is 0.151 e. The zero-order chi connectivity index (χ0) is 11.5. The minimum atomic E-state index is 0.592. The number of H-pyrrole nitrogens is 1. The Kier molecular flexibility index (Phi) is 3.49. The summed E-state index contributed by atoms with van der Waals surface area (Å²) in [5.74, 6) is 2.36. The second-order valence-electron chi connectivity index (χ2n) is 4.69. The number of nitrogens with zero attached hydrogens (tertiary/aromatic N) is 1. The summed E-state index contributed by atoms with van der Waals surface area (Å²) < 4.78 is 5.02. The SMILES string of the molecule is COCCNc1n[nH]c2c1CCC(C)C2C. The molecule has 0 amide bonds. The van der Waals surface area contributed by atoms with Crippen LogP contribution in [0.4, 0.5) is 5.82 Å². The minimum absolute atomic E-state index is 0.592. The average molecular weight is 223 g/mol. The molecule has 4 heteroatoms. The number of anilines is 1. The lowest BCUT2D eigenvalue weighted by Gasteiger charge is -2.25. The molecule has 2 N–H and O–H groups in total. The van der Waals surface area contributed by atoms with Crippen molar-refractivity contribution in [2.45, 2.75) is 32.6 Å².